The van der Waals surface area contributed by atoms with Crippen molar-refractivity contribution in [2.45, 2.75) is 20.3 Å². The lowest BCUT2D eigenvalue weighted by atomic mass is 10.2. The molecule has 2 aromatic heterocycles. The number of thioether (sulfide) groups is 1. The number of nitrogens with zero attached hydrogens (tertiary/aromatic N) is 5. The number of hydrogen-bond donors (Lipinski definition) is 0. The summed E-state index contributed by atoms with van der Waals surface area (Å²) in [6, 6.07) is 10.2. The van der Waals surface area contributed by atoms with Crippen LogP contribution >= 0.6 is 24.0 Å². The van der Waals surface area contributed by atoms with E-state index >= 15 is 0 Å². The largest absolute Gasteiger partial charge is 0.368 e. The lowest BCUT2D eigenvalue weighted by Crippen LogP contribution is -2.47. The fourth-order valence-electron chi connectivity index (χ4n) is 4.49. The number of pyridine rings is 1. The SMILES string of the molecule is CCCN1C(=O)/C(=C\c2c(N3CCN(c4ccc(F)cc4)CC3)nc3ccc(C)cn3c2=O)SC1=S. The number of aryl methyl sites for hydroxylation is 1. The average molecular weight is 524 g/mol. The van der Waals surface area contributed by atoms with E-state index in [0.717, 1.165) is 17.7 Å². The van der Waals surface area contributed by atoms with Gasteiger partial charge in [0.25, 0.3) is 11.5 Å². The second kappa shape index (κ2) is 10.0. The first-order chi connectivity index (χ1) is 17.4. The summed E-state index contributed by atoms with van der Waals surface area (Å²) in [7, 11) is 0. The molecule has 4 heterocycles. The van der Waals surface area contributed by atoms with Crippen LogP contribution in [0.4, 0.5) is 15.9 Å². The highest BCUT2D eigenvalue weighted by Gasteiger charge is 2.32. The maximum absolute atomic E-state index is 13.7. The molecule has 0 spiro atoms. The number of carbonyl (C=O) groups is 1. The first kappa shape index (κ1) is 24.5. The van der Waals surface area contributed by atoms with Crippen molar-refractivity contribution < 1.29 is 9.18 Å². The molecule has 0 atom stereocenters. The van der Waals surface area contributed by atoms with E-state index in [1.54, 1.807) is 29.3 Å². The lowest BCUT2D eigenvalue weighted by molar-refractivity contribution is -0.122. The van der Waals surface area contributed by atoms with E-state index in [1.807, 2.05) is 26.0 Å². The minimum atomic E-state index is -0.262. The van der Waals surface area contributed by atoms with Gasteiger partial charge in [-0.2, -0.15) is 0 Å². The van der Waals surface area contributed by atoms with Crippen molar-refractivity contribution in [1.82, 2.24) is 14.3 Å². The molecule has 186 valence electrons. The van der Waals surface area contributed by atoms with Crippen LogP contribution in [0.25, 0.3) is 11.7 Å². The zero-order valence-corrected chi connectivity index (χ0v) is 21.7. The van der Waals surface area contributed by atoms with Crippen LogP contribution in [0.2, 0.25) is 0 Å². The highest BCUT2D eigenvalue weighted by atomic mass is 32.2. The zero-order valence-electron chi connectivity index (χ0n) is 20.1. The van der Waals surface area contributed by atoms with Gasteiger partial charge in [0.1, 0.15) is 21.6 Å². The molecule has 3 aromatic rings. The summed E-state index contributed by atoms with van der Waals surface area (Å²) in [6.45, 7) is 7.11. The monoisotopic (exact) mass is 523 g/mol. The first-order valence-electron chi connectivity index (χ1n) is 11.9. The smallest absolute Gasteiger partial charge is 0.267 e. The summed E-state index contributed by atoms with van der Waals surface area (Å²) >= 11 is 6.64. The number of fused-ring (bicyclic) bond motifs is 1. The third-order valence-corrected chi connectivity index (χ3v) is 7.73. The fraction of sp³-hybridized carbons (Fsp3) is 0.308. The Labute approximate surface area is 218 Å². The second-order valence-electron chi connectivity index (χ2n) is 8.87. The molecule has 2 aliphatic heterocycles. The number of hydrogen-bond acceptors (Lipinski definition) is 7. The number of thiocarbonyl (C=S) groups is 1. The Bertz CT molecular complexity index is 1430. The normalized spacial score (nSPS) is 17.6. The maximum atomic E-state index is 13.7. The Kier molecular flexibility index (Phi) is 6.81. The van der Waals surface area contributed by atoms with E-state index in [4.69, 9.17) is 17.2 Å². The van der Waals surface area contributed by atoms with Crippen molar-refractivity contribution in [3.05, 3.63) is 74.8 Å². The molecular weight excluding hydrogens is 497 g/mol. The number of rotatable bonds is 5. The van der Waals surface area contributed by atoms with Gasteiger partial charge in [0, 0.05) is 44.6 Å². The van der Waals surface area contributed by atoms with Crippen LogP contribution in [0.1, 0.15) is 24.5 Å². The Morgan fingerprint density at radius 1 is 1.06 bits per heavy atom. The molecule has 5 rings (SSSR count). The van der Waals surface area contributed by atoms with E-state index in [1.165, 1.54) is 28.3 Å². The van der Waals surface area contributed by atoms with Gasteiger partial charge in [-0.25, -0.2) is 9.37 Å². The van der Waals surface area contributed by atoms with Crippen LogP contribution in [0.5, 0.6) is 0 Å². The topological polar surface area (TPSA) is 61.2 Å². The van der Waals surface area contributed by atoms with Gasteiger partial charge in [-0.15, -0.1) is 0 Å². The molecule has 0 aliphatic carbocycles. The van der Waals surface area contributed by atoms with Gasteiger partial charge in [0.05, 0.1) is 10.5 Å². The molecule has 0 radical (unpaired) electrons. The van der Waals surface area contributed by atoms with Crippen molar-refractivity contribution >= 4 is 57.4 Å². The van der Waals surface area contributed by atoms with Crippen molar-refractivity contribution in [1.29, 1.82) is 0 Å². The van der Waals surface area contributed by atoms with Crippen LogP contribution < -0.4 is 15.4 Å². The fourth-order valence-corrected chi connectivity index (χ4v) is 5.78. The van der Waals surface area contributed by atoms with Crippen LogP contribution in [-0.2, 0) is 4.79 Å². The van der Waals surface area contributed by atoms with Gasteiger partial charge in [0.2, 0.25) is 0 Å². The number of carbonyl (C=O) groups excluding carboxylic acids is 1. The molecule has 7 nitrogen and oxygen atoms in total. The average Bonchev–Trinajstić information content (AvgIpc) is 3.14. The summed E-state index contributed by atoms with van der Waals surface area (Å²) in [6.07, 6.45) is 4.21. The predicted octanol–water partition coefficient (Wildman–Crippen LogP) is 4.08. The maximum Gasteiger partial charge on any atom is 0.267 e. The third kappa shape index (κ3) is 4.62. The number of aromatic nitrogens is 2. The summed E-state index contributed by atoms with van der Waals surface area (Å²) < 4.78 is 15.4. The Morgan fingerprint density at radius 3 is 2.44 bits per heavy atom. The van der Waals surface area contributed by atoms with Crippen molar-refractivity contribution in [2.24, 2.45) is 0 Å². The summed E-state index contributed by atoms with van der Waals surface area (Å²) in [5.74, 6) is 0.124. The number of halogens is 1. The minimum absolute atomic E-state index is 0.173. The van der Waals surface area contributed by atoms with Gasteiger partial charge in [0.15, 0.2) is 0 Å². The molecule has 0 N–H and O–H groups in total. The number of benzene rings is 1. The summed E-state index contributed by atoms with van der Waals surface area (Å²) in [5.41, 5.74) is 2.60. The van der Waals surface area contributed by atoms with Crippen LogP contribution in [0.3, 0.4) is 0 Å². The van der Waals surface area contributed by atoms with Gasteiger partial charge >= 0.3 is 0 Å². The predicted molar refractivity (Wildman–Crippen MR) is 147 cm³/mol. The van der Waals surface area contributed by atoms with E-state index < -0.39 is 0 Å². The van der Waals surface area contributed by atoms with E-state index in [9.17, 15) is 14.0 Å². The quantitative estimate of drug-likeness (QED) is 0.369. The van der Waals surface area contributed by atoms with E-state index in [-0.39, 0.29) is 17.3 Å². The van der Waals surface area contributed by atoms with Crippen molar-refractivity contribution in [3.63, 3.8) is 0 Å². The Morgan fingerprint density at radius 2 is 1.75 bits per heavy atom. The van der Waals surface area contributed by atoms with Crippen molar-refractivity contribution in [3.8, 4) is 0 Å². The highest BCUT2D eigenvalue weighted by molar-refractivity contribution is 8.26. The van der Waals surface area contributed by atoms with Crippen LogP contribution in [-0.4, -0.2) is 57.2 Å². The minimum Gasteiger partial charge on any atom is -0.368 e. The Balaban J connectivity index is 1.53. The zero-order chi connectivity index (χ0) is 25.4. The summed E-state index contributed by atoms with van der Waals surface area (Å²) in [4.78, 5) is 37.9. The lowest BCUT2D eigenvalue weighted by Gasteiger charge is -2.37. The number of piperazine rings is 1. The standard InChI is InChI=1S/C26H26FN5O2S2/c1-3-10-31-25(34)21(36-26(31)35)15-20-23(28-22-9-4-17(2)16-32(22)24(20)33)30-13-11-29(12-14-30)19-7-5-18(27)6-8-19/h4-9,15-16H,3,10-14H2,1-2H3/b21-15+. The number of amides is 1. The molecule has 0 saturated carbocycles. The second-order valence-corrected chi connectivity index (χ2v) is 10.5. The van der Waals surface area contributed by atoms with E-state index in [0.29, 0.717) is 59.0 Å². The van der Waals surface area contributed by atoms with Gasteiger partial charge < -0.3 is 9.80 Å². The molecule has 2 saturated heterocycles. The highest BCUT2D eigenvalue weighted by Crippen LogP contribution is 2.34. The van der Waals surface area contributed by atoms with Gasteiger partial charge in [-0.3, -0.25) is 18.9 Å². The van der Waals surface area contributed by atoms with Crippen molar-refractivity contribution in [2.75, 3.05) is 42.5 Å². The molecular formula is C26H26FN5O2S2. The molecule has 2 fully saturated rings. The molecule has 1 amide bonds. The first-order valence-corrected chi connectivity index (χ1v) is 13.1. The van der Waals surface area contributed by atoms with Crippen LogP contribution in [0, 0.1) is 12.7 Å². The molecule has 0 bridgehead atoms. The molecule has 10 heteroatoms. The molecule has 0 unspecified atom stereocenters. The van der Waals surface area contributed by atoms with E-state index in [2.05, 4.69) is 9.80 Å². The number of anilines is 2. The van der Waals surface area contributed by atoms with Crippen LogP contribution in [0.15, 0.2) is 52.3 Å². The molecule has 36 heavy (non-hydrogen) atoms. The Hall–Kier alpha value is -3.24. The third-order valence-electron chi connectivity index (χ3n) is 6.35. The molecule has 1 aromatic carbocycles. The summed E-state index contributed by atoms with van der Waals surface area (Å²) in [5, 5.41) is 0. The van der Waals surface area contributed by atoms with Gasteiger partial charge in [-0.05, 0) is 55.3 Å². The molecule has 2 aliphatic rings. The van der Waals surface area contributed by atoms with Gasteiger partial charge in [-0.1, -0.05) is 37.0 Å².